The van der Waals surface area contributed by atoms with Gasteiger partial charge >= 0.3 is 5.97 Å². The van der Waals surface area contributed by atoms with Crippen molar-refractivity contribution in [3.8, 4) is 0 Å². The molecule has 3 nitrogen and oxygen atoms in total. The van der Waals surface area contributed by atoms with Crippen LogP contribution < -0.4 is 0 Å². The van der Waals surface area contributed by atoms with Crippen LogP contribution in [0.15, 0.2) is 0 Å². The fraction of sp³-hybridized carbons (Fsp3) is 0.889. The third-order valence-electron chi connectivity index (χ3n) is 2.33. The quantitative estimate of drug-likeness (QED) is 0.620. The topological polar surface area (TPSA) is 46.5 Å². The number of hydrogen-bond acceptors (Lipinski definition) is 2. The highest BCUT2D eigenvalue weighted by Crippen LogP contribution is 2.45. The minimum atomic E-state index is -0.695. The van der Waals surface area contributed by atoms with Crippen LogP contribution in [-0.4, -0.2) is 24.3 Å². The van der Waals surface area contributed by atoms with Gasteiger partial charge in [-0.1, -0.05) is 13.3 Å². The standard InChI is InChI=1S/C9H16O3/c1-2-3-6-12-7-9(4-5-9)8(10)11/h2-7H2,1H3,(H,10,11). The molecule has 0 heterocycles. The maximum absolute atomic E-state index is 10.7. The Bertz CT molecular complexity index is 161. The summed E-state index contributed by atoms with van der Waals surface area (Å²) in [5, 5.41) is 8.78. The Balaban J connectivity index is 2.10. The molecule has 0 amide bonds. The number of carboxylic acids is 1. The lowest BCUT2D eigenvalue weighted by Gasteiger charge is -2.09. The second kappa shape index (κ2) is 3.90. The van der Waals surface area contributed by atoms with Crippen molar-refractivity contribution in [1.29, 1.82) is 0 Å². The van der Waals surface area contributed by atoms with Gasteiger partial charge in [0.25, 0.3) is 0 Å². The average molecular weight is 172 g/mol. The molecule has 0 atom stereocenters. The van der Waals surface area contributed by atoms with Crippen LogP contribution in [0.4, 0.5) is 0 Å². The maximum atomic E-state index is 10.7. The van der Waals surface area contributed by atoms with Gasteiger partial charge in [0.2, 0.25) is 0 Å². The molecule has 1 saturated carbocycles. The minimum absolute atomic E-state index is 0.405. The number of ether oxygens (including phenoxy) is 1. The fourth-order valence-corrected chi connectivity index (χ4v) is 1.08. The summed E-state index contributed by atoms with van der Waals surface area (Å²) in [5.74, 6) is -0.695. The van der Waals surface area contributed by atoms with E-state index in [1.54, 1.807) is 0 Å². The van der Waals surface area contributed by atoms with Crippen molar-refractivity contribution < 1.29 is 14.6 Å². The molecule has 0 aromatic carbocycles. The van der Waals surface area contributed by atoms with Gasteiger partial charge in [0.15, 0.2) is 0 Å². The molecule has 0 aromatic heterocycles. The molecular weight excluding hydrogens is 156 g/mol. The summed E-state index contributed by atoms with van der Waals surface area (Å²) in [5.41, 5.74) is -0.506. The normalized spacial score (nSPS) is 19.1. The summed E-state index contributed by atoms with van der Waals surface area (Å²) in [6, 6.07) is 0. The Kier molecular flexibility index (Phi) is 3.09. The lowest BCUT2D eigenvalue weighted by atomic mass is 10.1. The van der Waals surface area contributed by atoms with E-state index in [4.69, 9.17) is 9.84 Å². The van der Waals surface area contributed by atoms with Crippen LogP contribution in [0.2, 0.25) is 0 Å². The molecule has 1 rings (SSSR count). The van der Waals surface area contributed by atoms with Crippen LogP contribution in [0.5, 0.6) is 0 Å². The first-order valence-electron chi connectivity index (χ1n) is 4.52. The SMILES string of the molecule is CCCCOCC1(C(=O)O)CC1. The fourth-order valence-electron chi connectivity index (χ4n) is 1.08. The van der Waals surface area contributed by atoms with Gasteiger partial charge in [-0.15, -0.1) is 0 Å². The Labute approximate surface area is 72.7 Å². The lowest BCUT2D eigenvalue weighted by Crippen LogP contribution is -2.21. The molecule has 0 unspecified atom stereocenters. The second-order valence-corrected chi connectivity index (χ2v) is 3.49. The highest BCUT2D eigenvalue weighted by atomic mass is 16.5. The Hall–Kier alpha value is -0.570. The average Bonchev–Trinajstić information content (AvgIpc) is 2.79. The van der Waals surface area contributed by atoms with E-state index < -0.39 is 11.4 Å². The first kappa shape index (κ1) is 9.52. The Morgan fingerprint density at radius 1 is 1.58 bits per heavy atom. The molecular formula is C9H16O3. The highest BCUT2D eigenvalue weighted by molar-refractivity contribution is 5.77. The number of hydrogen-bond donors (Lipinski definition) is 1. The number of rotatable bonds is 6. The van der Waals surface area contributed by atoms with Gasteiger partial charge in [-0.05, 0) is 19.3 Å². The van der Waals surface area contributed by atoms with Gasteiger partial charge in [0, 0.05) is 6.61 Å². The predicted octanol–water partition coefficient (Wildman–Crippen LogP) is 1.67. The predicted molar refractivity (Wildman–Crippen MR) is 45.0 cm³/mol. The number of carbonyl (C=O) groups is 1. The molecule has 1 aliphatic rings. The van der Waals surface area contributed by atoms with E-state index in [-0.39, 0.29) is 0 Å². The van der Waals surface area contributed by atoms with Crippen molar-refractivity contribution in [2.75, 3.05) is 13.2 Å². The zero-order valence-corrected chi connectivity index (χ0v) is 7.51. The summed E-state index contributed by atoms with van der Waals surface area (Å²) in [6.45, 7) is 3.20. The summed E-state index contributed by atoms with van der Waals surface area (Å²) >= 11 is 0. The maximum Gasteiger partial charge on any atom is 0.311 e. The van der Waals surface area contributed by atoms with Crippen molar-refractivity contribution in [2.45, 2.75) is 32.6 Å². The summed E-state index contributed by atoms with van der Waals surface area (Å²) < 4.78 is 5.28. The monoisotopic (exact) mass is 172 g/mol. The van der Waals surface area contributed by atoms with E-state index in [0.29, 0.717) is 13.2 Å². The Morgan fingerprint density at radius 2 is 2.25 bits per heavy atom. The van der Waals surface area contributed by atoms with E-state index in [1.165, 1.54) is 0 Å². The van der Waals surface area contributed by atoms with E-state index >= 15 is 0 Å². The largest absolute Gasteiger partial charge is 0.481 e. The van der Waals surface area contributed by atoms with Crippen LogP contribution in [0.3, 0.4) is 0 Å². The van der Waals surface area contributed by atoms with Crippen LogP contribution in [0, 0.1) is 5.41 Å². The minimum Gasteiger partial charge on any atom is -0.481 e. The number of aliphatic carboxylic acids is 1. The van der Waals surface area contributed by atoms with E-state index in [1.807, 2.05) is 0 Å². The molecule has 0 aromatic rings. The van der Waals surface area contributed by atoms with Crippen molar-refractivity contribution in [3.63, 3.8) is 0 Å². The van der Waals surface area contributed by atoms with Gasteiger partial charge in [0.05, 0.1) is 12.0 Å². The number of carboxylic acid groups (broad SMARTS) is 1. The van der Waals surface area contributed by atoms with Crippen molar-refractivity contribution in [2.24, 2.45) is 5.41 Å². The molecule has 12 heavy (non-hydrogen) atoms. The van der Waals surface area contributed by atoms with Crippen LogP contribution in [-0.2, 0) is 9.53 Å². The molecule has 70 valence electrons. The molecule has 0 spiro atoms. The van der Waals surface area contributed by atoms with Crippen molar-refractivity contribution >= 4 is 5.97 Å². The first-order valence-corrected chi connectivity index (χ1v) is 4.52. The first-order chi connectivity index (χ1) is 5.71. The molecule has 1 N–H and O–H groups in total. The highest BCUT2D eigenvalue weighted by Gasteiger charge is 2.50. The van der Waals surface area contributed by atoms with Gasteiger partial charge in [-0.2, -0.15) is 0 Å². The van der Waals surface area contributed by atoms with Crippen molar-refractivity contribution in [3.05, 3.63) is 0 Å². The lowest BCUT2D eigenvalue weighted by molar-refractivity contribution is -0.145. The smallest absolute Gasteiger partial charge is 0.311 e. The van der Waals surface area contributed by atoms with E-state index in [0.717, 1.165) is 25.7 Å². The molecule has 0 bridgehead atoms. The van der Waals surface area contributed by atoms with Gasteiger partial charge in [0.1, 0.15) is 0 Å². The second-order valence-electron chi connectivity index (χ2n) is 3.49. The van der Waals surface area contributed by atoms with Gasteiger partial charge in [-0.25, -0.2) is 0 Å². The molecule has 3 heteroatoms. The Morgan fingerprint density at radius 3 is 2.67 bits per heavy atom. The third-order valence-corrected chi connectivity index (χ3v) is 2.33. The molecule has 1 aliphatic carbocycles. The molecule has 0 saturated heterocycles. The van der Waals surface area contributed by atoms with Crippen LogP contribution in [0.25, 0.3) is 0 Å². The van der Waals surface area contributed by atoms with Gasteiger partial charge in [-0.3, -0.25) is 4.79 Å². The molecule has 0 aliphatic heterocycles. The summed E-state index contributed by atoms with van der Waals surface area (Å²) in [7, 11) is 0. The van der Waals surface area contributed by atoms with E-state index in [2.05, 4.69) is 6.92 Å². The third kappa shape index (κ3) is 2.21. The summed E-state index contributed by atoms with van der Waals surface area (Å²) in [4.78, 5) is 10.7. The summed E-state index contributed by atoms with van der Waals surface area (Å²) in [6.07, 6.45) is 3.69. The molecule has 1 fully saturated rings. The van der Waals surface area contributed by atoms with E-state index in [9.17, 15) is 4.79 Å². The zero-order chi connectivity index (χ0) is 9.03. The van der Waals surface area contributed by atoms with Crippen LogP contribution in [0.1, 0.15) is 32.6 Å². The van der Waals surface area contributed by atoms with Gasteiger partial charge < -0.3 is 9.84 Å². The number of unbranched alkanes of at least 4 members (excludes halogenated alkanes) is 1. The van der Waals surface area contributed by atoms with Crippen molar-refractivity contribution in [1.82, 2.24) is 0 Å². The van der Waals surface area contributed by atoms with Crippen LogP contribution >= 0.6 is 0 Å². The zero-order valence-electron chi connectivity index (χ0n) is 7.51. The molecule has 0 radical (unpaired) electrons.